The largest absolute Gasteiger partial charge is 0.326 e. The second-order valence-electron chi connectivity index (χ2n) is 7.55. The SMILES string of the molecule is CCC(C)C(NC(=O)Nc1ccc(C)cc1C)C(=O)Nc1nnc(-c2ccccc2)s1. The zero-order valence-electron chi connectivity index (χ0n) is 18.1. The number of carbonyl (C=O) groups is 2. The number of aromatic nitrogens is 2. The molecule has 2 aromatic carbocycles. The molecule has 0 bridgehead atoms. The van der Waals surface area contributed by atoms with Crippen LogP contribution in [-0.4, -0.2) is 28.2 Å². The molecule has 2 unspecified atom stereocenters. The Morgan fingerprint density at radius 3 is 2.45 bits per heavy atom. The number of nitrogens with one attached hydrogen (secondary N) is 3. The highest BCUT2D eigenvalue weighted by Crippen LogP contribution is 2.26. The van der Waals surface area contributed by atoms with E-state index in [9.17, 15) is 9.59 Å². The van der Waals surface area contributed by atoms with Gasteiger partial charge in [-0.1, -0.05) is 79.6 Å². The lowest BCUT2D eigenvalue weighted by atomic mass is 9.98. The fourth-order valence-corrected chi connectivity index (χ4v) is 3.86. The minimum absolute atomic E-state index is 0.0635. The van der Waals surface area contributed by atoms with Crippen LogP contribution in [0.3, 0.4) is 0 Å². The van der Waals surface area contributed by atoms with Gasteiger partial charge in [-0.15, -0.1) is 10.2 Å². The van der Waals surface area contributed by atoms with Gasteiger partial charge >= 0.3 is 6.03 Å². The molecule has 0 aliphatic rings. The summed E-state index contributed by atoms with van der Waals surface area (Å²) in [5.74, 6) is -0.382. The van der Waals surface area contributed by atoms with E-state index in [2.05, 4.69) is 26.1 Å². The van der Waals surface area contributed by atoms with Gasteiger partial charge in [-0.25, -0.2) is 4.79 Å². The van der Waals surface area contributed by atoms with Crippen LogP contribution in [0.4, 0.5) is 15.6 Å². The van der Waals surface area contributed by atoms with Crippen molar-refractivity contribution in [2.75, 3.05) is 10.6 Å². The first-order valence-corrected chi connectivity index (χ1v) is 11.0. The molecule has 31 heavy (non-hydrogen) atoms. The van der Waals surface area contributed by atoms with Gasteiger partial charge in [0.2, 0.25) is 11.0 Å². The average molecular weight is 438 g/mol. The molecule has 7 nitrogen and oxygen atoms in total. The van der Waals surface area contributed by atoms with E-state index in [0.717, 1.165) is 28.1 Å². The molecule has 0 spiro atoms. The highest BCUT2D eigenvalue weighted by molar-refractivity contribution is 7.18. The zero-order valence-corrected chi connectivity index (χ0v) is 18.9. The smallest absolute Gasteiger partial charge is 0.319 e. The number of hydrogen-bond donors (Lipinski definition) is 3. The Morgan fingerprint density at radius 2 is 1.77 bits per heavy atom. The predicted molar refractivity (Wildman–Crippen MR) is 125 cm³/mol. The number of hydrogen-bond acceptors (Lipinski definition) is 5. The summed E-state index contributed by atoms with van der Waals surface area (Å²) >= 11 is 1.29. The van der Waals surface area contributed by atoms with Gasteiger partial charge in [0.05, 0.1) is 0 Å². The first-order chi connectivity index (χ1) is 14.9. The molecule has 0 saturated carbocycles. The quantitative estimate of drug-likeness (QED) is 0.485. The molecule has 3 rings (SSSR count). The zero-order chi connectivity index (χ0) is 22.4. The maximum Gasteiger partial charge on any atom is 0.319 e. The summed E-state index contributed by atoms with van der Waals surface area (Å²) in [5.41, 5.74) is 3.72. The van der Waals surface area contributed by atoms with Gasteiger partial charge in [-0.2, -0.15) is 0 Å². The molecule has 8 heteroatoms. The Kier molecular flexibility index (Phi) is 7.36. The number of rotatable bonds is 7. The van der Waals surface area contributed by atoms with Gasteiger partial charge in [0, 0.05) is 11.3 Å². The summed E-state index contributed by atoms with van der Waals surface area (Å²) < 4.78 is 0. The molecule has 0 radical (unpaired) electrons. The third-order valence-corrected chi connectivity index (χ3v) is 5.98. The van der Waals surface area contributed by atoms with E-state index in [0.29, 0.717) is 10.8 Å². The third-order valence-electron chi connectivity index (χ3n) is 5.09. The van der Waals surface area contributed by atoms with E-state index in [-0.39, 0.29) is 11.8 Å². The maximum absolute atomic E-state index is 12.9. The Hall–Kier alpha value is -3.26. The van der Waals surface area contributed by atoms with Gasteiger partial charge < -0.3 is 10.6 Å². The van der Waals surface area contributed by atoms with Gasteiger partial charge in [-0.3, -0.25) is 10.1 Å². The van der Waals surface area contributed by atoms with E-state index in [1.807, 2.05) is 76.2 Å². The Balaban J connectivity index is 1.68. The lowest BCUT2D eigenvalue weighted by molar-refractivity contribution is -0.119. The molecule has 3 aromatic rings. The van der Waals surface area contributed by atoms with Gasteiger partial charge in [0.25, 0.3) is 0 Å². The number of anilines is 2. The third kappa shape index (κ3) is 5.88. The predicted octanol–water partition coefficient (Wildman–Crippen LogP) is 5.00. The van der Waals surface area contributed by atoms with Crippen LogP contribution in [-0.2, 0) is 4.79 Å². The molecule has 0 aliphatic carbocycles. The van der Waals surface area contributed by atoms with E-state index in [1.54, 1.807) is 0 Å². The summed E-state index contributed by atoms with van der Waals surface area (Å²) in [6.07, 6.45) is 0.729. The number of amides is 3. The standard InChI is InChI=1S/C23H27N5O2S/c1-5-15(3)19(25-22(30)24-18-12-11-14(2)13-16(18)4)20(29)26-23-28-27-21(31-23)17-9-7-6-8-10-17/h6-13,15,19H,5H2,1-4H3,(H2,24,25,30)(H,26,28,29). The fraction of sp³-hybridized carbons (Fsp3) is 0.304. The summed E-state index contributed by atoms with van der Waals surface area (Å²) in [6, 6.07) is 14.3. The van der Waals surface area contributed by atoms with E-state index < -0.39 is 12.1 Å². The molecular weight excluding hydrogens is 410 g/mol. The lowest BCUT2D eigenvalue weighted by Gasteiger charge is -2.23. The number of urea groups is 1. The van der Waals surface area contributed by atoms with Crippen LogP contribution in [0.1, 0.15) is 31.4 Å². The van der Waals surface area contributed by atoms with Crippen LogP contribution >= 0.6 is 11.3 Å². The second kappa shape index (κ2) is 10.2. The van der Waals surface area contributed by atoms with Crippen molar-refractivity contribution in [3.63, 3.8) is 0 Å². The highest BCUT2D eigenvalue weighted by Gasteiger charge is 2.27. The van der Waals surface area contributed by atoms with E-state index in [1.165, 1.54) is 11.3 Å². The monoisotopic (exact) mass is 437 g/mol. The molecule has 0 aliphatic heterocycles. The van der Waals surface area contributed by atoms with Crippen LogP contribution in [0.25, 0.3) is 10.6 Å². The summed E-state index contributed by atoms with van der Waals surface area (Å²) in [5, 5.41) is 17.8. The van der Waals surface area contributed by atoms with Crippen molar-refractivity contribution in [1.29, 1.82) is 0 Å². The van der Waals surface area contributed by atoms with Crippen molar-refractivity contribution in [3.8, 4) is 10.6 Å². The fourth-order valence-electron chi connectivity index (χ4n) is 3.11. The molecule has 3 N–H and O–H groups in total. The van der Waals surface area contributed by atoms with E-state index in [4.69, 9.17) is 0 Å². The minimum Gasteiger partial charge on any atom is -0.326 e. The van der Waals surface area contributed by atoms with Crippen molar-refractivity contribution in [3.05, 3.63) is 59.7 Å². The van der Waals surface area contributed by atoms with Crippen LogP contribution in [0, 0.1) is 19.8 Å². The van der Waals surface area contributed by atoms with Crippen LogP contribution in [0.2, 0.25) is 0 Å². The number of benzene rings is 2. The molecular formula is C23H27N5O2S. The summed E-state index contributed by atoms with van der Waals surface area (Å²) in [4.78, 5) is 25.5. The minimum atomic E-state index is -0.708. The Bertz CT molecular complexity index is 1050. The molecule has 0 fully saturated rings. The lowest BCUT2D eigenvalue weighted by Crippen LogP contribution is -2.49. The van der Waals surface area contributed by atoms with Gasteiger partial charge in [0.1, 0.15) is 11.0 Å². The van der Waals surface area contributed by atoms with E-state index >= 15 is 0 Å². The summed E-state index contributed by atoms with van der Waals surface area (Å²) in [7, 11) is 0. The Morgan fingerprint density at radius 1 is 1.03 bits per heavy atom. The van der Waals surface area contributed by atoms with Crippen LogP contribution in [0.15, 0.2) is 48.5 Å². The van der Waals surface area contributed by atoms with Crippen molar-refractivity contribution in [1.82, 2.24) is 15.5 Å². The maximum atomic E-state index is 12.9. The van der Waals surface area contributed by atoms with Gasteiger partial charge in [0.15, 0.2) is 0 Å². The topological polar surface area (TPSA) is 96.0 Å². The molecule has 0 saturated heterocycles. The highest BCUT2D eigenvalue weighted by atomic mass is 32.1. The van der Waals surface area contributed by atoms with Crippen LogP contribution < -0.4 is 16.0 Å². The number of carbonyl (C=O) groups excluding carboxylic acids is 2. The number of nitrogens with zero attached hydrogens (tertiary/aromatic N) is 2. The Labute approximate surface area is 186 Å². The molecule has 3 amide bonds. The van der Waals surface area contributed by atoms with Crippen molar-refractivity contribution in [2.45, 2.75) is 40.2 Å². The molecule has 2 atom stereocenters. The van der Waals surface area contributed by atoms with Crippen molar-refractivity contribution >= 4 is 34.1 Å². The summed E-state index contributed by atoms with van der Waals surface area (Å²) in [6.45, 7) is 7.84. The number of aryl methyl sites for hydroxylation is 2. The molecule has 162 valence electrons. The molecule has 1 aromatic heterocycles. The van der Waals surface area contributed by atoms with Gasteiger partial charge in [-0.05, 0) is 31.4 Å². The second-order valence-corrected chi connectivity index (χ2v) is 8.53. The van der Waals surface area contributed by atoms with Crippen molar-refractivity contribution < 1.29 is 9.59 Å². The normalized spacial score (nSPS) is 12.6. The average Bonchev–Trinajstić information content (AvgIpc) is 3.22. The first kappa shape index (κ1) is 22.4. The van der Waals surface area contributed by atoms with Crippen LogP contribution in [0.5, 0.6) is 0 Å². The van der Waals surface area contributed by atoms with Crippen molar-refractivity contribution in [2.24, 2.45) is 5.92 Å². The molecule has 1 heterocycles. The first-order valence-electron chi connectivity index (χ1n) is 10.2.